The smallest absolute Gasteiger partial charge is 0.309 e. The molecule has 3 atom stereocenters. The summed E-state index contributed by atoms with van der Waals surface area (Å²) in [6, 6.07) is 0. The minimum Gasteiger partial charge on any atom is -0.481 e. The van der Waals surface area contributed by atoms with Crippen LogP contribution >= 0.6 is 0 Å². The first-order valence-electron chi connectivity index (χ1n) is 3.52. The molecule has 0 amide bonds. The predicted octanol–water partition coefficient (Wildman–Crippen LogP) is 0.478. The second kappa shape index (κ2) is 2.58. The van der Waals surface area contributed by atoms with Crippen molar-refractivity contribution >= 4 is 5.97 Å². The first-order valence-corrected chi connectivity index (χ1v) is 3.52. The van der Waals surface area contributed by atoms with Gasteiger partial charge in [0.25, 0.3) is 0 Å². The molecule has 0 radical (unpaired) electrons. The van der Waals surface area contributed by atoms with Gasteiger partial charge in [0, 0.05) is 0 Å². The molecule has 0 saturated heterocycles. The third-order valence-electron chi connectivity index (χ3n) is 2.08. The van der Waals surface area contributed by atoms with Crippen LogP contribution in [0.2, 0.25) is 0 Å². The number of aliphatic carboxylic acids is 1. The van der Waals surface area contributed by atoms with E-state index in [2.05, 4.69) is 0 Å². The van der Waals surface area contributed by atoms with Crippen molar-refractivity contribution in [2.75, 3.05) is 0 Å². The minimum atomic E-state index is -0.864. The second-order valence-corrected chi connectivity index (χ2v) is 3.09. The molecule has 0 aliphatic heterocycles. The molecule has 0 aromatic carbocycles. The quantitative estimate of drug-likeness (QED) is 0.562. The van der Waals surface area contributed by atoms with E-state index in [-0.39, 0.29) is 0 Å². The largest absolute Gasteiger partial charge is 0.481 e. The summed E-state index contributed by atoms with van der Waals surface area (Å²) < 4.78 is 0. The molecule has 1 aliphatic rings. The summed E-state index contributed by atoms with van der Waals surface area (Å²) in [7, 11) is 0. The average Bonchev–Trinajstić information content (AvgIpc) is 2.10. The third kappa shape index (κ3) is 1.29. The summed E-state index contributed by atoms with van der Waals surface area (Å²) in [5.74, 6) is -1.03. The van der Waals surface area contributed by atoms with Crippen LogP contribution in [-0.4, -0.2) is 22.3 Å². The molecule has 1 rings (SSSR count). The normalized spacial score (nSPS) is 40.0. The molecule has 1 aliphatic carbocycles. The molecule has 10 heavy (non-hydrogen) atoms. The van der Waals surface area contributed by atoms with Crippen LogP contribution in [0.1, 0.15) is 19.8 Å². The van der Waals surface area contributed by atoms with Crippen molar-refractivity contribution < 1.29 is 15.0 Å². The van der Waals surface area contributed by atoms with E-state index < -0.39 is 18.0 Å². The number of carboxylic acids is 1. The molecule has 58 valence electrons. The first kappa shape index (κ1) is 7.54. The zero-order chi connectivity index (χ0) is 7.72. The Hall–Kier alpha value is -0.570. The lowest BCUT2D eigenvalue weighted by Crippen LogP contribution is -2.21. The van der Waals surface area contributed by atoms with Crippen LogP contribution in [-0.2, 0) is 4.79 Å². The Morgan fingerprint density at radius 1 is 1.50 bits per heavy atom. The maximum Gasteiger partial charge on any atom is 0.309 e. The molecule has 0 aromatic heterocycles. The summed E-state index contributed by atoms with van der Waals surface area (Å²) in [4.78, 5) is 10.4. The average molecular weight is 144 g/mol. The molecule has 0 bridgehead atoms. The number of carbonyl (C=O) groups is 1. The van der Waals surface area contributed by atoms with Crippen molar-refractivity contribution in [1.29, 1.82) is 0 Å². The Balaban J connectivity index is 2.54. The second-order valence-electron chi connectivity index (χ2n) is 3.09. The minimum absolute atomic E-state index is 0.357. The van der Waals surface area contributed by atoms with Crippen LogP contribution < -0.4 is 0 Å². The first-order chi connectivity index (χ1) is 4.61. The van der Waals surface area contributed by atoms with Crippen LogP contribution in [0, 0.1) is 11.8 Å². The lowest BCUT2D eigenvalue weighted by molar-refractivity contribution is -0.144. The van der Waals surface area contributed by atoms with E-state index in [0.717, 1.165) is 0 Å². The lowest BCUT2D eigenvalue weighted by atomic mass is 10.1. The molecule has 0 heterocycles. The van der Waals surface area contributed by atoms with E-state index in [1.807, 2.05) is 6.92 Å². The molecule has 1 saturated carbocycles. The highest BCUT2D eigenvalue weighted by Gasteiger charge is 2.35. The standard InChI is InChI=1S/C7H12O3/c1-4-2-5(7(9)10)6(8)3-4/h4-6,8H,2-3H2,1H3,(H,9,10). The fourth-order valence-electron chi connectivity index (χ4n) is 1.53. The topological polar surface area (TPSA) is 57.5 Å². The van der Waals surface area contributed by atoms with Crippen molar-refractivity contribution in [3.8, 4) is 0 Å². The maximum absolute atomic E-state index is 10.4. The number of carboxylic acid groups (broad SMARTS) is 1. The molecule has 0 spiro atoms. The van der Waals surface area contributed by atoms with Gasteiger partial charge in [-0.2, -0.15) is 0 Å². The fraction of sp³-hybridized carbons (Fsp3) is 0.857. The van der Waals surface area contributed by atoms with Gasteiger partial charge in [-0.1, -0.05) is 6.92 Å². The van der Waals surface area contributed by atoms with Gasteiger partial charge in [-0.3, -0.25) is 4.79 Å². The molecule has 1 fully saturated rings. The zero-order valence-electron chi connectivity index (χ0n) is 5.95. The highest BCUT2D eigenvalue weighted by molar-refractivity contribution is 5.71. The van der Waals surface area contributed by atoms with E-state index in [9.17, 15) is 4.79 Å². The molecular weight excluding hydrogens is 132 g/mol. The Kier molecular flexibility index (Phi) is 1.94. The summed E-state index contributed by atoms with van der Waals surface area (Å²) in [5, 5.41) is 17.7. The summed E-state index contributed by atoms with van der Waals surface area (Å²) in [6.07, 6.45) is 0.639. The molecule has 3 unspecified atom stereocenters. The van der Waals surface area contributed by atoms with E-state index >= 15 is 0 Å². The number of aliphatic hydroxyl groups excluding tert-OH is 1. The molecular formula is C7H12O3. The lowest BCUT2D eigenvalue weighted by Gasteiger charge is -2.06. The van der Waals surface area contributed by atoms with Gasteiger partial charge in [0.2, 0.25) is 0 Å². The van der Waals surface area contributed by atoms with E-state index in [0.29, 0.717) is 18.8 Å². The van der Waals surface area contributed by atoms with Gasteiger partial charge in [-0.15, -0.1) is 0 Å². The molecule has 3 nitrogen and oxygen atoms in total. The number of hydrogen-bond acceptors (Lipinski definition) is 2. The summed E-state index contributed by atoms with van der Waals surface area (Å²) in [5.41, 5.74) is 0. The van der Waals surface area contributed by atoms with Gasteiger partial charge in [0.15, 0.2) is 0 Å². The SMILES string of the molecule is CC1CC(O)C(C(=O)O)C1. The Morgan fingerprint density at radius 3 is 2.30 bits per heavy atom. The van der Waals surface area contributed by atoms with Crippen LogP contribution in [0.25, 0.3) is 0 Å². The van der Waals surface area contributed by atoms with Gasteiger partial charge >= 0.3 is 5.97 Å². The molecule has 0 aromatic rings. The number of aliphatic hydroxyl groups is 1. The maximum atomic E-state index is 10.4. The molecule has 2 N–H and O–H groups in total. The monoisotopic (exact) mass is 144 g/mol. The van der Waals surface area contributed by atoms with Crippen molar-refractivity contribution in [2.24, 2.45) is 11.8 Å². The highest BCUT2D eigenvalue weighted by Crippen LogP contribution is 2.30. The van der Waals surface area contributed by atoms with Gasteiger partial charge in [0.1, 0.15) is 0 Å². The fourth-order valence-corrected chi connectivity index (χ4v) is 1.53. The van der Waals surface area contributed by atoms with Crippen molar-refractivity contribution in [3.05, 3.63) is 0 Å². The number of rotatable bonds is 1. The summed E-state index contributed by atoms with van der Waals surface area (Å²) >= 11 is 0. The highest BCUT2D eigenvalue weighted by atomic mass is 16.4. The zero-order valence-corrected chi connectivity index (χ0v) is 5.95. The van der Waals surface area contributed by atoms with Crippen LogP contribution in [0.4, 0.5) is 0 Å². The predicted molar refractivity (Wildman–Crippen MR) is 35.5 cm³/mol. The number of hydrogen-bond donors (Lipinski definition) is 2. The van der Waals surface area contributed by atoms with Gasteiger partial charge in [-0.05, 0) is 18.8 Å². The van der Waals surface area contributed by atoms with Crippen molar-refractivity contribution in [3.63, 3.8) is 0 Å². The van der Waals surface area contributed by atoms with Gasteiger partial charge < -0.3 is 10.2 Å². The van der Waals surface area contributed by atoms with E-state index in [4.69, 9.17) is 10.2 Å². The van der Waals surface area contributed by atoms with Gasteiger partial charge in [0.05, 0.1) is 12.0 Å². The van der Waals surface area contributed by atoms with Crippen LogP contribution in [0.5, 0.6) is 0 Å². The molecule has 3 heteroatoms. The van der Waals surface area contributed by atoms with Crippen LogP contribution in [0.15, 0.2) is 0 Å². The Bertz CT molecular complexity index is 144. The van der Waals surface area contributed by atoms with E-state index in [1.54, 1.807) is 0 Å². The van der Waals surface area contributed by atoms with Crippen molar-refractivity contribution in [2.45, 2.75) is 25.9 Å². The van der Waals surface area contributed by atoms with Crippen molar-refractivity contribution in [1.82, 2.24) is 0 Å². The Morgan fingerprint density at radius 2 is 2.10 bits per heavy atom. The van der Waals surface area contributed by atoms with Crippen LogP contribution in [0.3, 0.4) is 0 Å². The summed E-state index contributed by atoms with van der Waals surface area (Å²) in [6.45, 7) is 1.96. The van der Waals surface area contributed by atoms with Gasteiger partial charge in [-0.25, -0.2) is 0 Å². The third-order valence-corrected chi connectivity index (χ3v) is 2.08. The van der Waals surface area contributed by atoms with E-state index in [1.165, 1.54) is 0 Å². The Labute approximate surface area is 59.7 Å².